The summed E-state index contributed by atoms with van der Waals surface area (Å²) in [7, 11) is 0. The molecule has 7 heteroatoms. The van der Waals surface area contributed by atoms with Gasteiger partial charge in [-0.3, -0.25) is 0 Å². The fraction of sp³-hybridized carbons (Fsp3) is 0.333. The van der Waals surface area contributed by atoms with Gasteiger partial charge in [0, 0.05) is 22.7 Å². The van der Waals surface area contributed by atoms with Gasteiger partial charge < -0.3 is 19.5 Å². The van der Waals surface area contributed by atoms with Crippen LogP contribution in [0.3, 0.4) is 0 Å². The zero-order chi connectivity index (χ0) is 21.1. The van der Waals surface area contributed by atoms with Gasteiger partial charge in [0.05, 0.1) is 11.6 Å². The summed E-state index contributed by atoms with van der Waals surface area (Å²) in [5, 5.41) is 20.9. The van der Waals surface area contributed by atoms with Gasteiger partial charge in [0.15, 0.2) is 11.6 Å². The number of nitriles is 1. The number of carbonyl (C=O) groups is 1. The number of carboxylic acid groups (broad SMARTS) is 1. The zero-order valence-electron chi connectivity index (χ0n) is 16.2. The third-order valence-electron chi connectivity index (χ3n) is 4.22. The summed E-state index contributed by atoms with van der Waals surface area (Å²) >= 11 is 5.99. The number of amides is 1. The molecule has 0 saturated carbocycles. The number of ether oxygens (including phenoxy) is 1. The van der Waals surface area contributed by atoms with E-state index < -0.39 is 17.4 Å². The highest BCUT2D eigenvalue weighted by atomic mass is 35.5. The highest BCUT2D eigenvalue weighted by Crippen LogP contribution is 2.33. The predicted octanol–water partition coefficient (Wildman–Crippen LogP) is 4.65. The smallest absolute Gasteiger partial charge is 0.170 e. The Morgan fingerprint density at radius 1 is 1.29 bits per heavy atom. The van der Waals surface area contributed by atoms with E-state index in [1.807, 2.05) is 13.0 Å². The average Bonchev–Trinajstić information content (AvgIpc) is 2.60. The Labute approximate surface area is 168 Å². The fourth-order valence-electron chi connectivity index (χ4n) is 2.70. The molecule has 0 heterocycles. The first-order chi connectivity index (χ1) is 13.1. The Kier molecular flexibility index (Phi) is 6.52. The summed E-state index contributed by atoms with van der Waals surface area (Å²) in [6.07, 6.45) is -0.885. The van der Waals surface area contributed by atoms with E-state index in [0.717, 1.165) is 4.90 Å². The maximum atomic E-state index is 15.2. The minimum atomic E-state index is -1.39. The molecule has 0 N–H and O–H groups in total. The summed E-state index contributed by atoms with van der Waals surface area (Å²) in [4.78, 5) is 12.5. The molecule has 0 unspecified atom stereocenters. The molecular formula is C21H21ClFN2O3-. The molecule has 28 heavy (non-hydrogen) atoms. The van der Waals surface area contributed by atoms with E-state index >= 15 is 4.39 Å². The van der Waals surface area contributed by atoms with Crippen molar-refractivity contribution < 1.29 is 19.0 Å². The first-order valence-corrected chi connectivity index (χ1v) is 9.12. The molecule has 0 saturated heterocycles. The molecule has 0 aliphatic heterocycles. The van der Waals surface area contributed by atoms with E-state index in [1.165, 1.54) is 18.2 Å². The molecule has 5 nitrogen and oxygen atoms in total. The molecule has 0 bridgehead atoms. The number of rotatable bonds is 5. The molecule has 148 valence electrons. The molecular weight excluding hydrogens is 383 g/mol. The Hall–Kier alpha value is -2.78. The molecule has 0 fully saturated rings. The van der Waals surface area contributed by atoms with Crippen LogP contribution < -0.4 is 9.84 Å². The third kappa shape index (κ3) is 4.93. The second kappa shape index (κ2) is 8.49. The summed E-state index contributed by atoms with van der Waals surface area (Å²) in [5.41, 5.74) is 0.294. The first-order valence-electron chi connectivity index (χ1n) is 8.74. The number of nitrogens with zero attached hydrogens (tertiary/aromatic N) is 2. The lowest BCUT2D eigenvalue weighted by atomic mass is 10.0. The van der Waals surface area contributed by atoms with Crippen molar-refractivity contribution in [2.24, 2.45) is 0 Å². The van der Waals surface area contributed by atoms with Crippen LogP contribution in [0.5, 0.6) is 11.5 Å². The van der Waals surface area contributed by atoms with E-state index in [1.54, 1.807) is 32.9 Å². The molecule has 0 aromatic heterocycles. The molecule has 0 aliphatic rings. The monoisotopic (exact) mass is 403 g/mol. The lowest BCUT2D eigenvalue weighted by Crippen LogP contribution is -2.51. The van der Waals surface area contributed by atoms with Gasteiger partial charge >= 0.3 is 0 Å². The zero-order valence-corrected chi connectivity index (χ0v) is 16.9. The van der Waals surface area contributed by atoms with Crippen molar-refractivity contribution in [2.45, 2.75) is 46.2 Å². The van der Waals surface area contributed by atoms with Crippen LogP contribution in [0.2, 0.25) is 5.02 Å². The molecule has 0 radical (unpaired) electrons. The third-order valence-corrected chi connectivity index (χ3v) is 4.44. The van der Waals surface area contributed by atoms with Crippen LogP contribution in [0.15, 0.2) is 30.3 Å². The van der Waals surface area contributed by atoms with Crippen LogP contribution in [0.4, 0.5) is 9.18 Å². The van der Waals surface area contributed by atoms with Crippen LogP contribution >= 0.6 is 11.6 Å². The predicted molar refractivity (Wildman–Crippen MR) is 103 cm³/mol. The van der Waals surface area contributed by atoms with Gasteiger partial charge in [-0.25, -0.2) is 4.39 Å². The molecule has 0 aliphatic carbocycles. The van der Waals surface area contributed by atoms with Crippen molar-refractivity contribution in [3.8, 4) is 17.6 Å². The van der Waals surface area contributed by atoms with E-state index in [2.05, 4.69) is 0 Å². The molecule has 2 rings (SSSR count). The summed E-state index contributed by atoms with van der Waals surface area (Å²) in [5.74, 6) is -0.450. The number of benzene rings is 2. The van der Waals surface area contributed by atoms with Crippen molar-refractivity contribution in [3.63, 3.8) is 0 Å². The van der Waals surface area contributed by atoms with Crippen molar-refractivity contribution >= 4 is 17.7 Å². The Balaban J connectivity index is 2.48. The van der Waals surface area contributed by atoms with E-state index in [4.69, 9.17) is 21.6 Å². The van der Waals surface area contributed by atoms with E-state index in [0.29, 0.717) is 17.0 Å². The topological polar surface area (TPSA) is 76.4 Å². The normalized spacial score (nSPS) is 11.0. The minimum absolute atomic E-state index is 0.0154. The standard InChI is InChI=1S/C21H22ClFN2O3/c1-5-14-6-7-15(12-25(20(26)27)21(2,3)4)18(23)19(14)28-17-9-13(11-24)8-16(22)10-17/h6-10H,5,12H2,1-4H3,(H,26,27)/p-1. The van der Waals surface area contributed by atoms with Crippen molar-refractivity contribution in [1.82, 2.24) is 4.90 Å². The van der Waals surface area contributed by atoms with Crippen LogP contribution in [-0.4, -0.2) is 16.5 Å². The van der Waals surface area contributed by atoms with Gasteiger partial charge in [-0.1, -0.05) is 30.7 Å². The van der Waals surface area contributed by atoms with Gasteiger partial charge in [-0.05, 0) is 51.0 Å². The lowest BCUT2D eigenvalue weighted by molar-refractivity contribution is -0.271. The summed E-state index contributed by atoms with van der Waals surface area (Å²) in [6, 6.07) is 9.62. The molecule has 0 spiro atoms. The summed E-state index contributed by atoms with van der Waals surface area (Å²) < 4.78 is 21.0. The van der Waals surface area contributed by atoms with Gasteiger partial charge in [-0.15, -0.1) is 0 Å². The lowest BCUT2D eigenvalue weighted by Gasteiger charge is -2.38. The molecule has 1 amide bonds. The maximum Gasteiger partial charge on any atom is 0.170 e. The molecule has 0 atom stereocenters. The van der Waals surface area contributed by atoms with Gasteiger partial charge in [0.25, 0.3) is 0 Å². The van der Waals surface area contributed by atoms with Crippen molar-refractivity contribution in [3.05, 3.63) is 57.9 Å². The number of hydrogen-bond donors (Lipinski definition) is 0. The number of halogens is 2. The summed E-state index contributed by atoms with van der Waals surface area (Å²) in [6.45, 7) is 6.77. The molecule has 2 aromatic rings. The average molecular weight is 404 g/mol. The Morgan fingerprint density at radius 2 is 1.93 bits per heavy atom. The Bertz CT molecular complexity index is 932. The largest absolute Gasteiger partial charge is 0.530 e. The second-order valence-corrected chi connectivity index (χ2v) is 7.73. The highest BCUT2D eigenvalue weighted by molar-refractivity contribution is 6.30. The quantitative estimate of drug-likeness (QED) is 0.728. The van der Waals surface area contributed by atoms with Crippen LogP contribution in [-0.2, 0) is 13.0 Å². The van der Waals surface area contributed by atoms with E-state index in [9.17, 15) is 9.90 Å². The van der Waals surface area contributed by atoms with Gasteiger partial charge in [-0.2, -0.15) is 5.26 Å². The number of aryl methyl sites for hydroxylation is 1. The van der Waals surface area contributed by atoms with Crippen LogP contribution in [0, 0.1) is 17.1 Å². The molecule has 2 aromatic carbocycles. The van der Waals surface area contributed by atoms with E-state index in [-0.39, 0.29) is 29.2 Å². The minimum Gasteiger partial charge on any atom is -0.530 e. The van der Waals surface area contributed by atoms with Gasteiger partial charge in [0.1, 0.15) is 11.8 Å². The Morgan fingerprint density at radius 3 is 2.46 bits per heavy atom. The van der Waals surface area contributed by atoms with Crippen LogP contribution in [0.25, 0.3) is 0 Å². The highest BCUT2D eigenvalue weighted by Gasteiger charge is 2.24. The number of hydrogen-bond acceptors (Lipinski definition) is 4. The maximum absolute atomic E-state index is 15.2. The second-order valence-electron chi connectivity index (χ2n) is 7.29. The first kappa shape index (κ1) is 21.5. The number of carbonyl (C=O) groups excluding carboxylic acids is 1. The van der Waals surface area contributed by atoms with Crippen molar-refractivity contribution in [1.29, 1.82) is 5.26 Å². The SMILES string of the molecule is CCc1ccc(CN(C(=O)[O-])C(C)(C)C)c(F)c1Oc1cc(Cl)cc(C#N)c1. The fourth-order valence-corrected chi connectivity index (χ4v) is 2.92. The van der Waals surface area contributed by atoms with Crippen molar-refractivity contribution in [2.75, 3.05) is 0 Å². The van der Waals surface area contributed by atoms with Gasteiger partial charge in [0.2, 0.25) is 0 Å². The van der Waals surface area contributed by atoms with Crippen LogP contribution in [0.1, 0.15) is 44.4 Å².